The Kier molecular flexibility index (Phi) is 2.38. The van der Waals surface area contributed by atoms with Crippen molar-refractivity contribution in [2.75, 3.05) is 12.3 Å². The Morgan fingerprint density at radius 3 is 3.05 bits per heavy atom. The van der Waals surface area contributed by atoms with Crippen LogP contribution in [0.5, 0.6) is 5.75 Å². The van der Waals surface area contributed by atoms with Gasteiger partial charge in [0.1, 0.15) is 17.3 Å². The molecule has 1 aromatic carbocycles. The van der Waals surface area contributed by atoms with Gasteiger partial charge in [0.25, 0.3) is 0 Å². The molecular weight excluding hydrogens is 273 g/mol. The fourth-order valence-electron chi connectivity index (χ4n) is 2.72. The highest BCUT2D eigenvalue weighted by molar-refractivity contribution is 5.72. The van der Waals surface area contributed by atoms with E-state index in [4.69, 9.17) is 10.5 Å². The summed E-state index contributed by atoms with van der Waals surface area (Å²) in [5.41, 5.74) is 7.85. The van der Waals surface area contributed by atoms with Crippen molar-refractivity contribution in [1.29, 1.82) is 0 Å². The van der Waals surface area contributed by atoms with Gasteiger partial charge in [0.15, 0.2) is 5.82 Å². The topological polar surface area (TPSA) is 78.3 Å². The molecule has 0 saturated carbocycles. The minimum atomic E-state index is -0.523. The number of nitrogens with two attached hydrogens (primary N) is 1. The number of fused-ring (bicyclic) bond motifs is 2. The zero-order chi connectivity index (χ0) is 14.6. The summed E-state index contributed by atoms with van der Waals surface area (Å²) in [7, 11) is 0. The molecular formula is C14H12FN5O. The molecule has 0 atom stereocenters. The highest BCUT2D eigenvalue weighted by atomic mass is 19.1. The lowest BCUT2D eigenvalue weighted by Gasteiger charge is -2.10. The average molecular weight is 285 g/mol. The number of nitrogen functional groups attached to an aromatic ring is 1. The first-order chi connectivity index (χ1) is 10.2. The van der Waals surface area contributed by atoms with Crippen LogP contribution >= 0.6 is 0 Å². The molecule has 0 fully saturated rings. The molecule has 0 aliphatic carbocycles. The zero-order valence-electron chi connectivity index (χ0n) is 11.3. The highest BCUT2D eigenvalue weighted by Crippen LogP contribution is 2.35. The molecule has 3 aromatic rings. The molecule has 1 aliphatic heterocycles. The van der Waals surface area contributed by atoms with Crippen LogP contribution in [0.3, 0.4) is 0 Å². The zero-order valence-corrected chi connectivity index (χ0v) is 11.3. The van der Waals surface area contributed by atoms with Gasteiger partial charge >= 0.3 is 0 Å². The van der Waals surface area contributed by atoms with Gasteiger partial charge in [-0.3, -0.25) is 0 Å². The molecule has 0 unspecified atom stereocenters. The van der Waals surface area contributed by atoms with Crippen molar-refractivity contribution in [2.45, 2.75) is 13.3 Å². The van der Waals surface area contributed by atoms with Crippen molar-refractivity contribution in [3.8, 4) is 17.0 Å². The molecule has 3 heterocycles. The quantitative estimate of drug-likeness (QED) is 0.737. The molecule has 1 aliphatic rings. The Morgan fingerprint density at radius 2 is 2.19 bits per heavy atom. The second-order valence-corrected chi connectivity index (χ2v) is 4.92. The maximum absolute atomic E-state index is 14.7. The predicted molar refractivity (Wildman–Crippen MR) is 74.5 cm³/mol. The van der Waals surface area contributed by atoms with Crippen molar-refractivity contribution in [3.05, 3.63) is 35.4 Å². The Balaban J connectivity index is 2.04. The summed E-state index contributed by atoms with van der Waals surface area (Å²) in [4.78, 5) is 4.21. The number of hydrogen-bond acceptors (Lipinski definition) is 5. The highest BCUT2D eigenvalue weighted by Gasteiger charge is 2.23. The molecule has 0 amide bonds. The number of benzene rings is 1. The lowest BCUT2D eigenvalue weighted by molar-refractivity contribution is 0.357. The minimum absolute atomic E-state index is 0.0894. The average Bonchev–Trinajstić information content (AvgIpc) is 3.09. The third-order valence-electron chi connectivity index (χ3n) is 3.68. The van der Waals surface area contributed by atoms with Crippen molar-refractivity contribution >= 4 is 11.6 Å². The van der Waals surface area contributed by atoms with Crippen LogP contribution in [0.2, 0.25) is 0 Å². The maximum Gasteiger partial charge on any atom is 0.208 e. The number of halogens is 1. The monoisotopic (exact) mass is 285 g/mol. The van der Waals surface area contributed by atoms with Crippen LogP contribution in [0.15, 0.2) is 18.2 Å². The van der Waals surface area contributed by atoms with E-state index in [1.165, 1.54) is 4.40 Å². The van der Waals surface area contributed by atoms with E-state index in [2.05, 4.69) is 15.2 Å². The van der Waals surface area contributed by atoms with E-state index >= 15 is 0 Å². The number of nitrogens with zero attached hydrogens (tertiary/aromatic N) is 4. The summed E-state index contributed by atoms with van der Waals surface area (Å²) < 4.78 is 21.6. The summed E-state index contributed by atoms with van der Waals surface area (Å²) in [5, 5.41) is 7.70. The van der Waals surface area contributed by atoms with E-state index in [1.54, 1.807) is 6.92 Å². The fraction of sp³-hybridized carbons (Fsp3) is 0.214. The molecule has 0 saturated heterocycles. The standard InChI is InChI=1S/C14H12FN5O/c1-7-18-19-13-11(15)12(17-14(16)20(7)13)9-3-2-4-10-8(9)5-6-21-10/h2-4H,5-6H2,1H3,(H2,16,17). The summed E-state index contributed by atoms with van der Waals surface area (Å²) in [6.45, 7) is 2.29. The van der Waals surface area contributed by atoms with Gasteiger partial charge in [0.2, 0.25) is 11.6 Å². The number of aryl methyl sites for hydroxylation is 1. The Bertz CT molecular complexity index is 873. The van der Waals surface area contributed by atoms with Gasteiger partial charge in [-0.05, 0) is 13.0 Å². The maximum atomic E-state index is 14.7. The van der Waals surface area contributed by atoms with E-state index in [-0.39, 0.29) is 17.3 Å². The van der Waals surface area contributed by atoms with Gasteiger partial charge in [-0.1, -0.05) is 12.1 Å². The fourth-order valence-corrected chi connectivity index (χ4v) is 2.72. The van der Waals surface area contributed by atoms with E-state index < -0.39 is 5.82 Å². The SMILES string of the molecule is Cc1nnc2c(F)c(-c3cccc4c3CCO4)nc(N)n12. The molecule has 6 nitrogen and oxygen atoms in total. The Labute approximate surface area is 119 Å². The first-order valence-corrected chi connectivity index (χ1v) is 6.58. The van der Waals surface area contributed by atoms with E-state index in [1.807, 2.05) is 18.2 Å². The molecule has 106 valence electrons. The van der Waals surface area contributed by atoms with Crippen molar-refractivity contribution in [2.24, 2.45) is 0 Å². The second kappa shape index (κ2) is 4.15. The Hall–Kier alpha value is -2.70. The van der Waals surface area contributed by atoms with Crippen LogP contribution < -0.4 is 10.5 Å². The number of anilines is 1. The molecule has 7 heteroatoms. The second-order valence-electron chi connectivity index (χ2n) is 4.92. The molecule has 21 heavy (non-hydrogen) atoms. The van der Waals surface area contributed by atoms with Crippen LogP contribution in [0, 0.1) is 12.7 Å². The van der Waals surface area contributed by atoms with E-state index in [9.17, 15) is 4.39 Å². The summed E-state index contributed by atoms with van der Waals surface area (Å²) in [5.74, 6) is 0.914. The third-order valence-corrected chi connectivity index (χ3v) is 3.68. The number of aromatic nitrogens is 4. The van der Waals surface area contributed by atoms with Crippen LogP contribution in [-0.4, -0.2) is 26.2 Å². The van der Waals surface area contributed by atoms with Gasteiger partial charge in [-0.25, -0.2) is 13.8 Å². The van der Waals surface area contributed by atoms with Crippen LogP contribution in [-0.2, 0) is 6.42 Å². The van der Waals surface area contributed by atoms with Gasteiger partial charge in [0.05, 0.1) is 6.61 Å². The number of rotatable bonds is 1. The normalized spacial score (nSPS) is 13.4. The molecule has 4 rings (SSSR count). The van der Waals surface area contributed by atoms with Crippen LogP contribution in [0.1, 0.15) is 11.4 Å². The molecule has 0 radical (unpaired) electrons. The van der Waals surface area contributed by atoms with E-state index in [0.29, 0.717) is 18.0 Å². The van der Waals surface area contributed by atoms with E-state index in [0.717, 1.165) is 17.7 Å². The van der Waals surface area contributed by atoms with Gasteiger partial charge in [-0.2, -0.15) is 0 Å². The van der Waals surface area contributed by atoms with Crippen molar-refractivity contribution in [3.63, 3.8) is 0 Å². The lowest BCUT2D eigenvalue weighted by atomic mass is 10.0. The van der Waals surface area contributed by atoms with Crippen molar-refractivity contribution < 1.29 is 9.13 Å². The Morgan fingerprint density at radius 1 is 1.33 bits per heavy atom. The first-order valence-electron chi connectivity index (χ1n) is 6.58. The smallest absolute Gasteiger partial charge is 0.208 e. The van der Waals surface area contributed by atoms with Crippen LogP contribution in [0.4, 0.5) is 10.3 Å². The van der Waals surface area contributed by atoms with Gasteiger partial charge in [0, 0.05) is 17.5 Å². The molecule has 2 aromatic heterocycles. The lowest BCUT2D eigenvalue weighted by Crippen LogP contribution is -2.06. The van der Waals surface area contributed by atoms with Gasteiger partial charge in [-0.15, -0.1) is 10.2 Å². The summed E-state index contributed by atoms with van der Waals surface area (Å²) >= 11 is 0. The number of ether oxygens (including phenoxy) is 1. The van der Waals surface area contributed by atoms with Gasteiger partial charge < -0.3 is 10.5 Å². The number of hydrogen-bond donors (Lipinski definition) is 1. The van der Waals surface area contributed by atoms with Crippen LogP contribution in [0.25, 0.3) is 16.9 Å². The molecule has 0 bridgehead atoms. The summed E-state index contributed by atoms with van der Waals surface area (Å²) in [6, 6.07) is 5.50. The minimum Gasteiger partial charge on any atom is -0.493 e. The molecule has 2 N–H and O–H groups in total. The predicted octanol–water partition coefficient (Wildman–Crippen LogP) is 1.76. The van der Waals surface area contributed by atoms with Crippen molar-refractivity contribution in [1.82, 2.24) is 19.6 Å². The molecule has 0 spiro atoms. The third kappa shape index (κ3) is 1.60. The largest absolute Gasteiger partial charge is 0.493 e. The first kappa shape index (κ1) is 12.1. The summed E-state index contributed by atoms with van der Waals surface area (Å²) in [6.07, 6.45) is 0.726.